The van der Waals surface area contributed by atoms with Gasteiger partial charge in [0.25, 0.3) is 0 Å². The summed E-state index contributed by atoms with van der Waals surface area (Å²) in [4.78, 5) is 2.24. The zero-order valence-electron chi connectivity index (χ0n) is 13.3. The van der Waals surface area contributed by atoms with Crippen LogP contribution in [0.1, 0.15) is 24.1 Å². The largest absolute Gasteiger partial charge is 0.383 e. The van der Waals surface area contributed by atoms with Crippen LogP contribution in [0.3, 0.4) is 0 Å². The Morgan fingerprint density at radius 2 is 1.65 bits per heavy atom. The number of nitrogens with zero attached hydrogens (tertiary/aromatic N) is 1. The molecule has 0 unspecified atom stereocenters. The number of aliphatic hydroxyl groups is 1. The van der Waals surface area contributed by atoms with Gasteiger partial charge in [0, 0.05) is 13.1 Å². The Morgan fingerprint density at radius 3 is 2.26 bits per heavy atom. The van der Waals surface area contributed by atoms with E-state index in [2.05, 4.69) is 4.90 Å². The van der Waals surface area contributed by atoms with Gasteiger partial charge >= 0.3 is 0 Å². The molecule has 3 rings (SSSR count). The first-order valence-electron chi connectivity index (χ1n) is 7.94. The Kier molecular flexibility index (Phi) is 4.76. The molecule has 23 heavy (non-hydrogen) atoms. The fourth-order valence-corrected chi connectivity index (χ4v) is 3.31. The van der Waals surface area contributed by atoms with Gasteiger partial charge in [-0.2, -0.15) is 0 Å². The predicted molar refractivity (Wildman–Crippen MR) is 87.5 cm³/mol. The number of rotatable bonds is 4. The number of ether oxygens (including phenoxy) is 1. The average Bonchev–Trinajstić information content (AvgIpc) is 2.57. The van der Waals surface area contributed by atoms with E-state index in [-0.39, 0.29) is 11.9 Å². The van der Waals surface area contributed by atoms with E-state index in [9.17, 15) is 9.50 Å². The van der Waals surface area contributed by atoms with Crippen molar-refractivity contribution in [3.8, 4) is 0 Å². The topological polar surface area (TPSA) is 32.7 Å². The average molecular weight is 315 g/mol. The lowest BCUT2D eigenvalue weighted by Crippen LogP contribution is -2.47. The van der Waals surface area contributed by atoms with Crippen LogP contribution in [-0.4, -0.2) is 36.3 Å². The molecule has 1 fully saturated rings. The van der Waals surface area contributed by atoms with Crippen LogP contribution in [0.25, 0.3) is 0 Å². The molecule has 1 saturated heterocycles. The smallest absolute Gasteiger partial charge is 0.123 e. The minimum atomic E-state index is -1.13. The zero-order valence-corrected chi connectivity index (χ0v) is 13.3. The van der Waals surface area contributed by atoms with Crippen molar-refractivity contribution in [1.29, 1.82) is 0 Å². The van der Waals surface area contributed by atoms with E-state index in [1.807, 2.05) is 30.3 Å². The molecule has 1 heterocycles. The van der Waals surface area contributed by atoms with Crippen LogP contribution < -0.4 is 0 Å². The molecule has 3 nitrogen and oxygen atoms in total. The summed E-state index contributed by atoms with van der Waals surface area (Å²) in [5.74, 6) is -0.299. The molecule has 2 atom stereocenters. The maximum Gasteiger partial charge on any atom is 0.123 e. The van der Waals surface area contributed by atoms with Crippen LogP contribution >= 0.6 is 0 Å². The molecule has 4 heteroatoms. The SMILES string of the molecule is C[C@@](O)(c1ccc(F)cc1)[C@H](c1ccccc1)N1CCOCC1. The van der Waals surface area contributed by atoms with Crippen molar-refractivity contribution in [2.45, 2.75) is 18.6 Å². The third-order valence-electron chi connectivity index (χ3n) is 4.49. The summed E-state index contributed by atoms with van der Waals surface area (Å²) in [6, 6.07) is 15.9. The Morgan fingerprint density at radius 1 is 1.04 bits per heavy atom. The monoisotopic (exact) mass is 315 g/mol. The summed E-state index contributed by atoms with van der Waals surface area (Å²) >= 11 is 0. The maximum atomic E-state index is 13.2. The summed E-state index contributed by atoms with van der Waals surface area (Å²) in [5.41, 5.74) is 0.620. The summed E-state index contributed by atoms with van der Waals surface area (Å²) in [7, 11) is 0. The Hall–Kier alpha value is -1.75. The zero-order chi connectivity index (χ0) is 16.3. The highest BCUT2D eigenvalue weighted by atomic mass is 19.1. The van der Waals surface area contributed by atoms with Crippen LogP contribution in [0.15, 0.2) is 54.6 Å². The molecule has 0 radical (unpaired) electrons. The van der Waals surface area contributed by atoms with E-state index in [0.29, 0.717) is 18.8 Å². The second kappa shape index (κ2) is 6.79. The van der Waals surface area contributed by atoms with E-state index >= 15 is 0 Å². The van der Waals surface area contributed by atoms with Gasteiger partial charge < -0.3 is 9.84 Å². The van der Waals surface area contributed by atoms with Crippen LogP contribution in [0.5, 0.6) is 0 Å². The molecule has 0 aromatic heterocycles. The minimum Gasteiger partial charge on any atom is -0.383 e. The summed E-state index contributed by atoms with van der Waals surface area (Å²) in [6.07, 6.45) is 0. The Balaban J connectivity index is 2.00. The quantitative estimate of drug-likeness (QED) is 0.941. The van der Waals surface area contributed by atoms with E-state index in [1.165, 1.54) is 12.1 Å². The van der Waals surface area contributed by atoms with Crippen molar-refractivity contribution in [2.75, 3.05) is 26.3 Å². The van der Waals surface area contributed by atoms with Crippen molar-refractivity contribution in [3.63, 3.8) is 0 Å². The molecule has 122 valence electrons. The summed E-state index contributed by atoms with van der Waals surface area (Å²) < 4.78 is 18.7. The standard InChI is InChI=1S/C19H22FNO2/c1-19(22,16-7-9-17(20)10-8-16)18(15-5-3-2-4-6-15)21-11-13-23-14-12-21/h2-10,18,22H,11-14H2,1H3/t18-,19+/m0/s1. The number of halogens is 1. The molecule has 0 bridgehead atoms. The molecular weight excluding hydrogens is 293 g/mol. The molecule has 1 N–H and O–H groups in total. The van der Waals surface area contributed by atoms with E-state index < -0.39 is 5.60 Å². The molecule has 2 aromatic rings. The molecular formula is C19H22FNO2. The fraction of sp³-hybridized carbons (Fsp3) is 0.368. The second-order valence-corrected chi connectivity index (χ2v) is 6.12. The van der Waals surface area contributed by atoms with Gasteiger partial charge in [0.2, 0.25) is 0 Å². The molecule has 1 aliphatic rings. The first-order chi connectivity index (χ1) is 11.1. The van der Waals surface area contributed by atoms with Gasteiger partial charge in [-0.05, 0) is 30.2 Å². The molecule has 0 amide bonds. The number of hydrogen-bond donors (Lipinski definition) is 1. The lowest BCUT2D eigenvalue weighted by atomic mass is 9.83. The molecule has 2 aromatic carbocycles. The maximum absolute atomic E-state index is 13.2. The predicted octanol–water partition coefficient (Wildman–Crippen LogP) is 3.11. The highest BCUT2D eigenvalue weighted by Gasteiger charge is 2.39. The molecule has 0 spiro atoms. The van der Waals surface area contributed by atoms with Crippen molar-refractivity contribution < 1.29 is 14.2 Å². The van der Waals surface area contributed by atoms with Crippen LogP contribution in [-0.2, 0) is 10.3 Å². The molecule has 0 aliphatic carbocycles. The third-order valence-corrected chi connectivity index (χ3v) is 4.49. The summed E-state index contributed by atoms with van der Waals surface area (Å²) in [6.45, 7) is 4.63. The van der Waals surface area contributed by atoms with Crippen molar-refractivity contribution in [1.82, 2.24) is 4.90 Å². The molecule has 0 saturated carbocycles. The Labute approximate surface area is 136 Å². The van der Waals surface area contributed by atoms with Crippen molar-refractivity contribution in [3.05, 3.63) is 71.5 Å². The van der Waals surface area contributed by atoms with Gasteiger partial charge in [-0.1, -0.05) is 42.5 Å². The van der Waals surface area contributed by atoms with Gasteiger partial charge in [-0.3, -0.25) is 4.90 Å². The number of hydrogen-bond acceptors (Lipinski definition) is 3. The fourth-order valence-electron chi connectivity index (χ4n) is 3.31. The van der Waals surface area contributed by atoms with Crippen molar-refractivity contribution in [2.24, 2.45) is 0 Å². The number of morpholine rings is 1. The first kappa shape index (κ1) is 16.1. The minimum absolute atomic E-state index is 0.210. The lowest BCUT2D eigenvalue weighted by molar-refractivity contribution is -0.0738. The second-order valence-electron chi connectivity index (χ2n) is 6.12. The third kappa shape index (κ3) is 3.44. The Bertz CT molecular complexity index is 622. The van der Waals surface area contributed by atoms with Crippen molar-refractivity contribution >= 4 is 0 Å². The highest BCUT2D eigenvalue weighted by Crippen LogP contribution is 2.39. The van der Waals surface area contributed by atoms with Crippen LogP contribution in [0.4, 0.5) is 4.39 Å². The van der Waals surface area contributed by atoms with Gasteiger partial charge in [0.05, 0.1) is 19.3 Å². The van der Waals surface area contributed by atoms with Crippen LogP contribution in [0, 0.1) is 5.82 Å². The van der Waals surface area contributed by atoms with Gasteiger partial charge in [-0.15, -0.1) is 0 Å². The highest BCUT2D eigenvalue weighted by molar-refractivity contribution is 5.30. The normalized spacial score (nSPS) is 20.0. The first-order valence-corrected chi connectivity index (χ1v) is 7.94. The van der Waals surface area contributed by atoms with Crippen LogP contribution in [0.2, 0.25) is 0 Å². The van der Waals surface area contributed by atoms with E-state index in [4.69, 9.17) is 4.74 Å². The van der Waals surface area contributed by atoms with Gasteiger partial charge in [0.1, 0.15) is 11.4 Å². The summed E-state index contributed by atoms with van der Waals surface area (Å²) in [5, 5.41) is 11.3. The molecule has 1 aliphatic heterocycles. The van der Waals surface area contributed by atoms with E-state index in [1.54, 1.807) is 19.1 Å². The van der Waals surface area contributed by atoms with Gasteiger partial charge in [-0.25, -0.2) is 4.39 Å². The lowest BCUT2D eigenvalue weighted by Gasteiger charge is -2.43. The van der Waals surface area contributed by atoms with E-state index in [0.717, 1.165) is 18.7 Å². The van der Waals surface area contributed by atoms with Gasteiger partial charge in [0.15, 0.2) is 0 Å². The number of benzene rings is 2.